The number of carboxylic acid groups (broad SMARTS) is 1. The zero-order valence-corrected chi connectivity index (χ0v) is 14.3. The van der Waals surface area contributed by atoms with Crippen LogP contribution < -0.4 is 5.32 Å². The van der Waals surface area contributed by atoms with Gasteiger partial charge in [0.25, 0.3) is 0 Å². The van der Waals surface area contributed by atoms with Gasteiger partial charge in [0.1, 0.15) is 5.54 Å². The van der Waals surface area contributed by atoms with Crippen LogP contribution >= 0.6 is 0 Å². The standard InChI is InChI=1S/C15H31N3O3/c1-7-8-15(4,13(19)20)16-14(21)18(11-12(2)3)10-9-17(5)6/h12H,7-11H2,1-6H3,(H,16,21)(H,19,20). The molecule has 124 valence electrons. The van der Waals surface area contributed by atoms with E-state index in [-0.39, 0.29) is 6.03 Å². The highest BCUT2D eigenvalue weighted by atomic mass is 16.4. The summed E-state index contributed by atoms with van der Waals surface area (Å²) in [5, 5.41) is 12.0. The van der Waals surface area contributed by atoms with E-state index in [9.17, 15) is 14.7 Å². The molecule has 0 saturated heterocycles. The number of amides is 2. The molecule has 2 N–H and O–H groups in total. The lowest BCUT2D eigenvalue weighted by Crippen LogP contribution is -2.57. The molecule has 0 aromatic heterocycles. The Labute approximate surface area is 128 Å². The average molecular weight is 301 g/mol. The minimum absolute atomic E-state index is 0.302. The van der Waals surface area contributed by atoms with Gasteiger partial charge in [-0.1, -0.05) is 27.2 Å². The van der Waals surface area contributed by atoms with Crippen LogP contribution in [-0.4, -0.2) is 66.2 Å². The maximum Gasteiger partial charge on any atom is 0.329 e. The summed E-state index contributed by atoms with van der Waals surface area (Å²) in [6, 6.07) is -0.302. The van der Waals surface area contributed by atoms with Gasteiger partial charge >= 0.3 is 12.0 Å². The second kappa shape index (κ2) is 8.87. The monoisotopic (exact) mass is 301 g/mol. The molecule has 0 aliphatic heterocycles. The van der Waals surface area contributed by atoms with E-state index in [1.54, 1.807) is 11.8 Å². The summed E-state index contributed by atoms with van der Waals surface area (Å²) in [6.07, 6.45) is 1.11. The van der Waals surface area contributed by atoms with Gasteiger partial charge in [-0.2, -0.15) is 0 Å². The quantitative estimate of drug-likeness (QED) is 0.682. The van der Waals surface area contributed by atoms with Crippen molar-refractivity contribution in [1.29, 1.82) is 0 Å². The highest BCUT2D eigenvalue weighted by Gasteiger charge is 2.35. The van der Waals surface area contributed by atoms with E-state index in [4.69, 9.17) is 0 Å². The van der Waals surface area contributed by atoms with Crippen LogP contribution in [0, 0.1) is 5.92 Å². The molecular weight excluding hydrogens is 270 g/mol. The van der Waals surface area contributed by atoms with E-state index in [1.165, 1.54) is 0 Å². The molecule has 1 unspecified atom stereocenters. The summed E-state index contributed by atoms with van der Waals surface area (Å²) in [6.45, 7) is 9.50. The Morgan fingerprint density at radius 1 is 1.24 bits per heavy atom. The minimum Gasteiger partial charge on any atom is -0.480 e. The first-order chi connectivity index (χ1) is 9.62. The Bertz CT molecular complexity index is 345. The summed E-state index contributed by atoms with van der Waals surface area (Å²) in [5.74, 6) is -0.657. The molecule has 0 saturated carbocycles. The first kappa shape index (κ1) is 19.7. The van der Waals surface area contributed by atoms with Gasteiger partial charge in [-0.3, -0.25) is 0 Å². The Kier molecular flexibility index (Phi) is 8.32. The molecule has 0 aromatic rings. The van der Waals surface area contributed by atoms with Crippen molar-refractivity contribution < 1.29 is 14.7 Å². The predicted molar refractivity (Wildman–Crippen MR) is 84.4 cm³/mol. The van der Waals surface area contributed by atoms with Crippen LogP contribution in [0.25, 0.3) is 0 Å². The first-order valence-corrected chi connectivity index (χ1v) is 7.57. The number of carbonyl (C=O) groups excluding carboxylic acids is 1. The van der Waals surface area contributed by atoms with Gasteiger partial charge in [0.2, 0.25) is 0 Å². The number of urea groups is 1. The zero-order valence-electron chi connectivity index (χ0n) is 14.3. The summed E-state index contributed by atoms with van der Waals surface area (Å²) >= 11 is 0. The third kappa shape index (κ3) is 7.32. The molecule has 6 heteroatoms. The van der Waals surface area contributed by atoms with E-state index >= 15 is 0 Å². The number of rotatable bonds is 9. The fourth-order valence-corrected chi connectivity index (χ4v) is 2.08. The first-order valence-electron chi connectivity index (χ1n) is 7.57. The smallest absolute Gasteiger partial charge is 0.329 e. The van der Waals surface area contributed by atoms with E-state index < -0.39 is 11.5 Å². The molecule has 2 amide bonds. The normalized spacial score (nSPS) is 14.1. The van der Waals surface area contributed by atoms with Crippen LogP contribution in [0.5, 0.6) is 0 Å². The topological polar surface area (TPSA) is 72.9 Å². The Morgan fingerprint density at radius 3 is 2.19 bits per heavy atom. The lowest BCUT2D eigenvalue weighted by molar-refractivity contribution is -0.144. The van der Waals surface area contributed by atoms with E-state index in [0.717, 1.165) is 6.54 Å². The van der Waals surface area contributed by atoms with Gasteiger partial charge < -0.3 is 20.2 Å². The van der Waals surface area contributed by atoms with Crippen LogP contribution in [0.15, 0.2) is 0 Å². The number of aliphatic carboxylic acids is 1. The van der Waals surface area contributed by atoms with Gasteiger partial charge in [-0.15, -0.1) is 0 Å². The number of carboxylic acids is 1. The highest BCUT2D eigenvalue weighted by Crippen LogP contribution is 2.13. The Morgan fingerprint density at radius 2 is 1.81 bits per heavy atom. The highest BCUT2D eigenvalue weighted by molar-refractivity contribution is 5.85. The Hall–Kier alpha value is -1.30. The van der Waals surface area contributed by atoms with E-state index in [2.05, 4.69) is 5.32 Å². The van der Waals surface area contributed by atoms with E-state index in [0.29, 0.717) is 31.8 Å². The summed E-state index contributed by atoms with van der Waals surface area (Å²) in [5.41, 5.74) is -1.21. The molecule has 0 aliphatic rings. The maximum atomic E-state index is 12.4. The van der Waals surface area contributed by atoms with Gasteiger partial charge in [0.15, 0.2) is 0 Å². The molecule has 0 aliphatic carbocycles. The number of carbonyl (C=O) groups is 2. The maximum absolute atomic E-state index is 12.4. The van der Waals surface area contributed by atoms with Crippen molar-refractivity contribution in [2.45, 2.75) is 46.1 Å². The molecular formula is C15H31N3O3. The molecule has 0 radical (unpaired) electrons. The predicted octanol–water partition coefficient (Wildman–Crippen LogP) is 1.86. The number of nitrogens with one attached hydrogen (secondary N) is 1. The average Bonchev–Trinajstić information content (AvgIpc) is 2.33. The molecule has 0 bridgehead atoms. The summed E-state index contributed by atoms with van der Waals surface area (Å²) in [7, 11) is 3.90. The van der Waals surface area contributed by atoms with Gasteiger partial charge in [0.05, 0.1) is 0 Å². The SMILES string of the molecule is CCCC(C)(NC(=O)N(CCN(C)C)CC(C)C)C(=O)O. The van der Waals surface area contributed by atoms with Crippen molar-refractivity contribution in [3.63, 3.8) is 0 Å². The second-order valence-corrected chi connectivity index (χ2v) is 6.46. The van der Waals surface area contributed by atoms with Crippen molar-refractivity contribution in [3.05, 3.63) is 0 Å². The van der Waals surface area contributed by atoms with Crippen LogP contribution in [0.4, 0.5) is 4.79 Å². The van der Waals surface area contributed by atoms with Gasteiger partial charge in [-0.05, 0) is 33.4 Å². The molecule has 1 atom stereocenters. The third-order valence-corrected chi connectivity index (χ3v) is 3.29. The molecule has 0 heterocycles. The van der Waals surface area contributed by atoms with Crippen molar-refractivity contribution in [1.82, 2.24) is 15.1 Å². The molecule has 21 heavy (non-hydrogen) atoms. The van der Waals surface area contributed by atoms with Crippen LogP contribution in [0.2, 0.25) is 0 Å². The van der Waals surface area contributed by atoms with Crippen LogP contribution in [0.1, 0.15) is 40.5 Å². The van der Waals surface area contributed by atoms with Crippen molar-refractivity contribution >= 4 is 12.0 Å². The van der Waals surface area contributed by atoms with Gasteiger partial charge in [0, 0.05) is 19.6 Å². The van der Waals surface area contributed by atoms with Crippen molar-refractivity contribution in [2.75, 3.05) is 33.7 Å². The van der Waals surface area contributed by atoms with Crippen molar-refractivity contribution in [3.8, 4) is 0 Å². The van der Waals surface area contributed by atoms with Crippen LogP contribution in [0.3, 0.4) is 0 Å². The lowest BCUT2D eigenvalue weighted by atomic mass is 9.96. The minimum atomic E-state index is -1.21. The Balaban J connectivity index is 4.88. The number of nitrogens with zero attached hydrogens (tertiary/aromatic N) is 2. The molecule has 0 rings (SSSR count). The second-order valence-electron chi connectivity index (χ2n) is 6.46. The third-order valence-electron chi connectivity index (χ3n) is 3.29. The largest absolute Gasteiger partial charge is 0.480 e. The lowest BCUT2D eigenvalue weighted by Gasteiger charge is -2.32. The molecule has 6 nitrogen and oxygen atoms in total. The van der Waals surface area contributed by atoms with Crippen molar-refractivity contribution in [2.24, 2.45) is 5.92 Å². The van der Waals surface area contributed by atoms with Crippen LogP contribution in [-0.2, 0) is 4.79 Å². The zero-order chi connectivity index (χ0) is 16.6. The molecule has 0 fully saturated rings. The summed E-state index contributed by atoms with van der Waals surface area (Å²) in [4.78, 5) is 27.5. The fourth-order valence-electron chi connectivity index (χ4n) is 2.08. The van der Waals surface area contributed by atoms with Gasteiger partial charge in [-0.25, -0.2) is 9.59 Å². The number of hydrogen-bond acceptors (Lipinski definition) is 3. The molecule has 0 spiro atoms. The molecule has 0 aromatic carbocycles. The van der Waals surface area contributed by atoms with E-state index in [1.807, 2.05) is 39.8 Å². The summed E-state index contributed by atoms with van der Waals surface area (Å²) < 4.78 is 0. The number of likely N-dealkylation sites (N-methyl/N-ethyl adjacent to an activating group) is 1. The fraction of sp³-hybridized carbons (Fsp3) is 0.867. The number of hydrogen-bond donors (Lipinski definition) is 2.